The second-order valence-electron chi connectivity index (χ2n) is 4.33. The third-order valence-electron chi connectivity index (χ3n) is 3.11. The number of likely N-dealkylation sites (N-methyl/N-ethyl adjacent to an activating group) is 1. The highest BCUT2D eigenvalue weighted by molar-refractivity contribution is 5.02. The average molecular weight is 209 g/mol. The summed E-state index contributed by atoms with van der Waals surface area (Å²) in [6.45, 7) is 1.68. The molecular formula is C10H19N5. The Hall–Kier alpha value is -0.940. The quantitative estimate of drug-likeness (QED) is 0.739. The number of nitrogens with zero attached hydrogens (tertiary/aromatic N) is 4. The van der Waals surface area contributed by atoms with E-state index in [0.717, 1.165) is 31.0 Å². The Bertz CT molecular complexity index is 331. The van der Waals surface area contributed by atoms with Crippen molar-refractivity contribution < 1.29 is 0 Å². The van der Waals surface area contributed by atoms with Gasteiger partial charge in [0.2, 0.25) is 0 Å². The van der Waals surface area contributed by atoms with Crippen molar-refractivity contribution >= 4 is 0 Å². The van der Waals surface area contributed by atoms with Crippen molar-refractivity contribution in [2.24, 2.45) is 5.73 Å². The van der Waals surface area contributed by atoms with Gasteiger partial charge in [0.1, 0.15) is 11.6 Å². The molecule has 0 spiro atoms. The molecule has 0 saturated heterocycles. The summed E-state index contributed by atoms with van der Waals surface area (Å²) in [6.07, 6.45) is 3.01. The molecule has 1 aromatic heterocycles. The van der Waals surface area contributed by atoms with Gasteiger partial charge in [-0.3, -0.25) is 0 Å². The summed E-state index contributed by atoms with van der Waals surface area (Å²) in [6, 6.07) is 0.604. The molecule has 5 heteroatoms. The molecular weight excluding hydrogens is 190 g/mol. The molecule has 0 radical (unpaired) electrons. The molecule has 1 aliphatic rings. The molecule has 2 heterocycles. The molecule has 1 aromatic rings. The van der Waals surface area contributed by atoms with Crippen LogP contribution in [-0.4, -0.2) is 46.3 Å². The molecule has 2 rings (SSSR count). The predicted octanol–water partition coefficient (Wildman–Crippen LogP) is -0.344. The minimum absolute atomic E-state index is 0.604. The van der Waals surface area contributed by atoms with Crippen LogP contribution in [-0.2, 0) is 19.4 Å². The maximum Gasteiger partial charge on any atom is 0.134 e. The van der Waals surface area contributed by atoms with E-state index in [2.05, 4.69) is 33.8 Å². The molecule has 0 amide bonds. The topological polar surface area (TPSA) is 60.0 Å². The fraction of sp³-hybridized carbons (Fsp3) is 0.800. The van der Waals surface area contributed by atoms with Crippen LogP contribution in [0.25, 0.3) is 0 Å². The van der Waals surface area contributed by atoms with Crippen LogP contribution >= 0.6 is 0 Å². The van der Waals surface area contributed by atoms with E-state index in [1.54, 1.807) is 0 Å². The first-order chi connectivity index (χ1) is 7.22. The van der Waals surface area contributed by atoms with Crippen molar-refractivity contribution in [1.82, 2.24) is 19.7 Å². The van der Waals surface area contributed by atoms with Crippen molar-refractivity contribution in [3.63, 3.8) is 0 Å². The molecule has 0 bridgehead atoms. The van der Waals surface area contributed by atoms with E-state index in [4.69, 9.17) is 5.73 Å². The summed E-state index contributed by atoms with van der Waals surface area (Å²) >= 11 is 0. The Morgan fingerprint density at radius 1 is 1.47 bits per heavy atom. The third kappa shape index (κ3) is 2.03. The summed E-state index contributed by atoms with van der Waals surface area (Å²) < 4.78 is 2.23. The highest BCUT2D eigenvalue weighted by Crippen LogP contribution is 2.17. The normalized spacial score (nSPS) is 20.7. The van der Waals surface area contributed by atoms with E-state index in [-0.39, 0.29) is 0 Å². The zero-order valence-corrected chi connectivity index (χ0v) is 9.48. The van der Waals surface area contributed by atoms with Crippen LogP contribution in [0.5, 0.6) is 0 Å². The second kappa shape index (κ2) is 4.28. The first-order valence-electron chi connectivity index (χ1n) is 5.50. The van der Waals surface area contributed by atoms with Crippen LogP contribution in [0.1, 0.15) is 18.1 Å². The molecule has 1 aliphatic heterocycles. The summed E-state index contributed by atoms with van der Waals surface area (Å²) in [5.41, 5.74) is 5.54. The summed E-state index contributed by atoms with van der Waals surface area (Å²) in [7, 11) is 4.25. The highest BCUT2D eigenvalue weighted by atomic mass is 15.3. The first kappa shape index (κ1) is 10.6. The number of nitrogens with two attached hydrogens (primary N) is 1. The highest BCUT2D eigenvalue weighted by Gasteiger charge is 2.23. The SMILES string of the molecule is CN(C)C1CCn2c(CCN)nnc2C1. The lowest BCUT2D eigenvalue weighted by atomic mass is 10.1. The minimum Gasteiger partial charge on any atom is -0.330 e. The number of fused-ring (bicyclic) bond motifs is 1. The molecule has 0 aliphatic carbocycles. The van der Waals surface area contributed by atoms with Crippen LogP contribution in [0.3, 0.4) is 0 Å². The zero-order valence-electron chi connectivity index (χ0n) is 9.48. The van der Waals surface area contributed by atoms with Gasteiger partial charge in [-0.05, 0) is 27.1 Å². The number of rotatable bonds is 3. The van der Waals surface area contributed by atoms with Gasteiger partial charge in [0, 0.05) is 25.4 Å². The van der Waals surface area contributed by atoms with Crippen molar-refractivity contribution in [3.8, 4) is 0 Å². The van der Waals surface area contributed by atoms with E-state index >= 15 is 0 Å². The summed E-state index contributed by atoms with van der Waals surface area (Å²) in [4.78, 5) is 2.26. The summed E-state index contributed by atoms with van der Waals surface area (Å²) in [5.74, 6) is 2.16. The lowest BCUT2D eigenvalue weighted by Crippen LogP contribution is -2.36. The number of hydrogen-bond acceptors (Lipinski definition) is 4. The van der Waals surface area contributed by atoms with E-state index in [1.165, 1.54) is 6.42 Å². The van der Waals surface area contributed by atoms with Gasteiger partial charge in [-0.15, -0.1) is 10.2 Å². The fourth-order valence-corrected chi connectivity index (χ4v) is 2.13. The van der Waals surface area contributed by atoms with Crippen LogP contribution in [0.4, 0.5) is 0 Å². The number of aromatic nitrogens is 3. The lowest BCUT2D eigenvalue weighted by molar-refractivity contribution is 0.241. The van der Waals surface area contributed by atoms with Gasteiger partial charge in [-0.25, -0.2) is 0 Å². The summed E-state index contributed by atoms with van der Waals surface area (Å²) in [5, 5.41) is 8.43. The van der Waals surface area contributed by atoms with Gasteiger partial charge in [0.15, 0.2) is 0 Å². The van der Waals surface area contributed by atoms with Crippen LogP contribution in [0, 0.1) is 0 Å². The molecule has 1 unspecified atom stereocenters. The molecule has 0 aromatic carbocycles. The maximum absolute atomic E-state index is 5.54. The van der Waals surface area contributed by atoms with Gasteiger partial charge in [0.25, 0.3) is 0 Å². The fourth-order valence-electron chi connectivity index (χ4n) is 2.13. The molecule has 2 N–H and O–H groups in total. The average Bonchev–Trinajstić information content (AvgIpc) is 2.61. The predicted molar refractivity (Wildman–Crippen MR) is 58.6 cm³/mol. The second-order valence-corrected chi connectivity index (χ2v) is 4.33. The van der Waals surface area contributed by atoms with Crippen molar-refractivity contribution in [2.45, 2.75) is 31.8 Å². The Morgan fingerprint density at radius 3 is 2.93 bits per heavy atom. The maximum atomic E-state index is 5.54. The van der Waals surface area contributed by atoms with Crippen molar-refractivity contribution in [3.05, 3.63) is 11.6 Å². The van der Waals surface area contributed by atoms with E-state index in [9.17, 15) is 0 Å². The Kier molecular flexibility index (Phi) is 3.02. The zero-order chi connectivity index (χ0) is 10.8. The van der Waals surface area contributed by atoms with Crippen molar-refractivity contribution in [2.75, 3.05) is 20.6 Å². The standard InChI is InChI=1S/C10H19N5/c1-14(2)8-4-6-15-9(3-5-11)12-13-10(15)7-8/h8H,3-7,11H2,1-2H3. The van der Waals surface area contributed by atoms with E-state index < -0.39 is 0 Å². The molecule has 5 nitrogen and oxygen atoms in total. The lowest BCUT2D eigenvalue weighted by Gasteiger charge is -2.28. The minimum atomic E-state index is 0.604. The number of hydrogen-bond donors (Lipinski definition) is 1. The van der Waals surface area contributed by atoms with Crippen LogP contribution in [0.15, 0.2) is 0 Å². The molecule has 0 fully saturated rings. The van der Waals surface area contributed by atoms with Gasteiger partial charge >= 0.3 is 0 Å². The largest absolute Gasteiger partial charge is 0.330 e. The van der Waals surface area contributed by atoms with Gasteiger partial charge in [-0.1, -0.05) is 0 Å². The smallest absolute Gasteiger partial charge is 0.134 e. The van der Waals surface area contributed by atoms with Crippen molar-refractivity contribution in [1.29, 1.82) is 0 Å². The Labute approximate surface area is 90.3 Å². The molecule has 0 saturated carbocycles. The van der Waals surface area contributed by atoms with Crippen LogP contribution in [0.2, 0.25) is 0 Å². The van der Waals surface area contributed by atoms with Crippen LogP contribution < -0.4 is 5.73 Å². The first-order valence-corrected chi connectivity index (χ1v) is 5.50. The molecule has 1 atom stereocenters. The monoisotopic (exact) mass is 209 g/mol. The molecule has 84 valence electrons. The van der Waals surface area contributed by atoms with Gasteiger partial charge < -0.3 is 15.2 Å². The van der Waals surface area contributed by atoms with Gasteiger partial charge in [0.05, 0.1) is 0 Å². The Balaban J connectivity index is 2.15. The van der Waals surface area contributed by atoms with E-state index in [0.29, 0.717) is 12.6 Å². The Morgan fingerprint density at radius 2 is 2.27 bits per heavy atom. The van der Waals surface area contributed by atoms with Gasteiger partial charge in [-0.2, -0.15) is 0 Å². The third-order valence-corrected chi connectivity index (χ3v) is 3.11. The molecule has 15 heavy (non-hydrogen) atoms. The van der Waals surface area contributed by atoms with E-state index in [1.807, 2.05) is 0 Å².